The minimum atomic E-state index is 0.299. The fraction of sp³-hybridized carbons (Fsp3) is 0.312. The fourth-order valence-electron chi connectivity index (χ4n) is 2.03. The average molecular weight is 241 g/mol. The first kappa shape index (κ1) is 12.6. The van der Waals surface area contributed by atoms with Gasteiger partial charge in [0.05, 0.1) is 0 Å². The summed E-state index contributed by atoms with van der Waals surface area (Å²) in [4.78, 5) is 4.41. The first-order valence-electron chi connectivity index (χ1n) is 6.53. The van der Waals surface area contributed by atoms with Crippen LogP contribution in [-0.2, 0) is 0 Å². The number of fused-ring (bicyclic) bond motifs is 1. The zero-order chi connectivity index (χ0) is 12.8. The Balaban J connectivity index is 2.23. The minimum Gasteiger partial charge on any atom is -0.507 e. The van der Waals surface area contributed by atoms with Crippen molar-refractivity contribution < 1.29 is 5.11 Å². The summed E-state index contributed by atoms with van der Waals surface area (Å²) < 4.78 is 0. The Morgan fingerprint density at radius 1 is 1.11 bits per heavy atom. The third kappa shape index (κ3) is 2.89. The molecule has 0 atom stereocenters. The van der Waals surface area contributed by atoms with Crippen LogP contribution in [-0.4, -0.2) is 17.9 Å². The van der Waals surface area contributed by atoms with Crippen molar-refractivity contribution in [1.29, 1.82) is 0 Å². The molecule has 0 unspecified atom stereocenters. The quantitative estimate of drug-likeness (QED) is 0.619. The molecular formula is C16H19NO. The Morgan fingerprint density at radius 2 is 1.94 bits per heavy atom. The Kier molecular flexibility index (Phi) is 4.35. The third-order valence-electron chi connectivity index (χ3n) is 3.06. The van der Waals surface area contributed by atoms with Crippen LogP contribution in [0.25, 0.3) is 10.8 Å². The summed E-state index contributed by atoms with van der Waals surface area (Å²) in [6, 6.07) is 11.7. The molecule has 2 nitrogen and oxygen atoms in total. The van der Waals surface area contributed by atoms with E-state index in [9.17, 15) is 5.11 Å². The molecular weight excluding hydrogens is 222 g/mol. The van der Waals surface area contributed by atoms with E-state index in [1.54, 1.807) is 12.3 Å². The van der Waals surface area contributed by atoms with Crippen LogP contribution < -0.4 is 0 Å². The second-order valence-corrected chi connectivity index (χ2v) is 4.46. The van der Waals surface area contributed by atoms with Gasteiger partial charge >= 0.3 is 0 Å². The van der Waals surface area contributed by atoms with Gasteiger partial charge in [0.25, 0.3) is 0 Å². The van der Waals surface area contributed by atoms with E-state index in [-0.39, 0.29) is 0 Å². The molecule has 0 spiro atoms. The number of unbranched alkanes of at least 4 members (excludes halogenated alkanes) is 2. The highest BCUT2D eigenvalue weighted by Gasteiger charge is 2.03. The summed E-state index contributed by atoms with van der Waals surface area (Å²) in [6.45, 7) is 3.01. The van der Waals surface area contributed by atoms with E-state index in [0.29, 0.717) is 5.75 Å². The van der Waals surface area contributed by atoms with Crippen LogP contribution in [0.4, 0.5) is 0 Å². The molecule has 0 aliphatic carbocycles. The first-order chi connectivity index (χ1) is 8.83. The number of phenolic OH excluding ortho intramolecular Hbond substituents is 1. The van der Waals surface area contributed by atoms with Gasteiger partial charge < -0.3 is 5.11 Å². The van der Waals surface area contributed by atoms with Gasteiger partial charge in [-0.2, -0.15) is 0 Å². The lowest BCUT2D eigenvalue weighted by molar-refractivity contribution is 0.475. The molecule has 0 saturated heterocycles. The van der Waals surface area contributed by atoms with Crippen molar-refractivity contribution in [3.8, 4) is 5.75 Å². The second-order valence-electron chi connectivity index (χ2n) is 4.46. The number of phenols is 1. The molecule has 0 aromatic heterocycles. The SMILES string of the molecule is CCCCCN=Cc1c(O)ccc2ccccc12. The van der Waals surface area contributed by atoms with Crippen LogP contribution in [0.1, 0.15) is 31.7 Å². The number of hydrogen-bond acceptors (Lipinski definition) is 2. The maximum atomic E-state index is 9.92. The van der Waals surface area contributed by atoms with Crippen molar-refractivity contribution in [3.63, 3.8) is 0 Å². The number of aliphatic imine (C=N–C) groups is 1. The topological polar surface area (TPSA) is 32.6 Å². The van der Waals surface area contributed by atoms with Gasteiger partial charge in [-0.3, -0.25) is 4.99 Å². The van der Waals surface area contributed by atoms with Crippen LogP contribution in [0.5, 0.6) is 5.75 Å². The molecule has 0 bridgehead atoms. The molecule has 18 heavy (non-hydrogen) atoms. The van der Waals surface area contributed by atoms with Gasteiger partial charge in [-0.15, -0.1) is 0 Å². The van der Waals surface area contributed by atoms with Crippen molar-refractivity contribution in [3.05, 3.63) is 42.0 Å². The van der Waals surface area contributed by atoms with Crippen molar-refractivity contribution in [1.82, 2.24) is 0 Å². The fourth-order valence-corrected chi connectivity index (χ4v) is 2.03. The molecule has 1 N–H and O–H groups in total. The molecule has 0 radical (unpaired) electrons. The van der Waals surface area contributed by atoms with Gasteiger partial charge in [-0.25, -0.2) is 0 Å². The molecule has 94 valence electrons. The van der Waals surface area contributed by atoms with Crippen molar-refractivity contribution >= 4 is 17.0 Å². The highest BCUT2D eigenvalue weighted by Crippen LogP contribution is 2.25. The van der Waals surface area contributed by atoms with Gasteiger partial charge in [0, 0.05) is 18.3 Å². The van der Waals surface area contributed by atoms with E-state index >= 15 is 0 Å². The van der Waals surface area contributed by atoms with Crippen LogP contribution in [0.2, 0.25) is 0 Å². The van der Waals surface area contributed by atoms with E-state index in [1.807, 2.05) is 30.3 Å². The van der Waals surface area contributed by atoms with Gasteiger partial charge in [-0.1, -0.05) is 50.1 Å². The van der Waals surface area contributed by atoms with Crippen LogP contribution in [0.3, 0.4) is 0 Å². The van der Waals surface area contributed by atoms with E-state index in [0.717, 1.165) is 29.3 Å². The second kappa shape index (κ2) is 6.20. The first-order valence-corrected chi connectivity index (χ1v) is 6.53. The Hall–Kier alpha value is -1.83. The zero-order valence-corrected chi connectivity index (χ0v) is 10.8. The molecule has 0 aliphatic rings. The lowest BCUT2D eigenvalue weighted by Gasteiger charge is -2.04. The molecule has 2 aromatic rings. The maximum absolute atomic E-state index is 9.92. The van der Waals surface area contributed by atoms with Gasteiger partial charge in [0.15, 0.2) is 0 Å². The summed E-state index contributed by atoms with van der Waals surface area (Å²) in [7, 11) is 0. The molecule has 2 rings (SSSR count). The Morgan fingerprint density at radius 3 is 2.78 bits per heavy atom. The molecule has 2 aromatic carbocycles. The van der Waals surface area contributed by atoms with Crippen LogP contribution in [0.15, 0.2) is 41.4 Å². The normalized spacial score (nSPS) is 11.4. The van der Waals surface area contributed by atoms with Crippen molar-refractivity contribution in [2.24, 2.45) is 4.99 Å². The summed E-state index contributed by atoms with van der Waals surface area (Å²) in [5.41, 5.74) is 0.824. The predicted molar refractivity (Wildman–Crippen MR) is 77.6 cm³/mol. The van der Waals surface area contributed by atoms with Crippen molar-refractivity contribution in [2.45, 2.75) is 26.2 Å². The largest absolute Gasteiger partial charge is 0.507 e. The molecule has 0 saturated carbocycles. The molecule has 2 heteroatoms. The third-order valence-corrected chi connectivity index (χ3v) is 3.06. The number of hydrogen-bond donors (Lipinski definition) is 1. The Bertz CT molecular complexity index is 546. The smallest absolute Gasteiger partial charge is 0.124 e. The van der Waals surface area contributed by atoms with E-state index in [2.05, 4.69) is 11.9 Å². The van der Waals surface area contributed by atoms with Gasteiger partial charge in [0.2, 0.25) is 0 Å². The summed E-state index contributed by atoms with van der Waals surface area (Å²) in [5.74, 6) is 0.299. The zero-order valence-electron chi connectivity index (χ0n) is 10.8. The monoisotopic (exact) mass is 241 g/mol. The van der Waals surface area contributed by atoms with Crippen LogP contribution in [0, 0.1) is 0 Å². The summed E-state index contributed by atoms with van der Waals surface area (Å²) in [5, 5.41) is 12.1. The lowest BCUT2D eigenvalue weighted by atomic mass is 10.0. The summed E-state index contributed by atoms with van der Waals surface area (Å²) >= 11 is 0. The minimum absolute atomic E-state index is 0.299. The molecule has 0 heterocycles. The Labute approximate surface area is 108 Å². The highest BCUT2D eigenvalue weighted by molar-refractivity contribution is 6.02. The number of rotatable bonds is 5. The number of nitrogens with zero attached hydrogens (tertiary/aromatic N) is 1. The molecule has 0 aliphatic heterocycles. The summed E-state index contributed by atoms with van der Waals surface area (Å²) in [6.07, 6.45) is 5.32. The van der Waals surface area contributed by atoms with E-state index in [1.165, 1.54) is 12.8 Å². The van der Waals surface area contributed by atoms with Crippen LogP contribution >= 0.6 is 0 Å². The maximum Gasteiger partial charge on any atom is 0.124 e. The van der Waals surface area contributed by atoms with E-state index < -0.39 is 0 Å². The highest BCUT2D eigenvalue weighted by atomic mass is 16.3. The van der Waals surface area contributed by atoms with E-state index in [4.69, 9.17) is 0 Å². The predicted octanol–water partition coefficient (Wildman–Crippen LogP) is 4.15. The van der Waals surface area contributed by atoms with Gasteiger partial charge in [0.1, 0.15) is 5.75 Å². The number of benzene rings is 2. The van der Waals surface area contributed by atoms with Crippen molar-refractivity contribution in [2.75, 3.05) is 6.54 Å². The average Bonchev–Trinajstić information content (AvgIpc) is 2.41. The standard InChI is InChI=1S/C16H19NO/c1-2-3-6-11-17-12-15-14-8-5-4-7-13(14)9-10-16(15)18/h4-5,7-10,12,18H,2-3,6,11H2,1H3. The molecule has 0 amide bonds. The lowest BCUT2D eigenvalue weighted by Crippen LogP contribution is -1.88. The number of aromatic hydroxyl groups is 1. The molecule has 0 fully saturated rings. The van der Waals surface area contributed by atoms with Gasteiger partial charge in [-0.05, 0) is 23.3 Å².